The average molecular weight is 214 g/mol. The predicted octanol–water partition coefficient (Wildman–Crippen LogP) is 1.09. The monoisotopic (exact) mass is 214 g/mol. The van der Waals surface area contributed by atoms with Gasteiger partial charge in [-0.05, 0) is 32.6 Å². The maximum absolute atomic E-state index is 11.4. The molecule has 1 aliphatic rings. The van der Waals surface area contributed by atoms with Crippen LogP contribution < -0.4 is 10.6 Å². The summed E-state index contributed by atoms with van der Waals surface area (Å²) in [4.78, 5) is 22.0. The van der Waals surface area contributed by atoms with E-state index in [2.05, 4.69) is 10.6 Å². The van der Waals surface area contributed by atoms with Crippen molar-refractivity contribution in [2.45, 2.75) is 51.1 Å². The minimum absolute atomic E-state index is 0.0949. The molecule has 1 fully saturated rings. The van der Waals surface area contributed by atoms with E-state index in [0.29, 0.717) is 0 Å². The Hall–Kier alpha value is -1.26. The number of carbonyl (C=O) groups is 2. The molecule has 0 spiro atoms. The van der Waals surface area contributed by atoms with Gasteiger partial charge < -0.3 is 15.7 Å². The predicted molar refractivity (Wildman–Crippen MR) is 55.6 cm³/mol. The van der Waals surface area contributed by atoms with Crippen LogP contribution >= 0.6 is 0 Å². The number of aliphatic carboxylic acids is 1. The zero-order valence-electron chi connectivity index (χ0n) is 9.17. The first-order valence-corrected chi connectivity index (χ1v) is 5.30. The lowest BCUT2D eigenvalue weighted by Crippen LogP contribution is -2.57. The number of urea groups is 1. The number of carboxylic acid groups (broad SMARTS) is 1. The second-order valence-electron chi connectivity index (χ2n) is 4.15. The highest BCUT2D eigenvalue weighted by molar-refractivity contribution is 5.82. The molecule has 0 aromatic rings. The zero-order valence-corrected chi connectivity index (χ0v) is 9.17. The number of hydrogen-bond acceptors (Lipinski definition) is 2. The number of nitrogens with one attached hydrogen (secondary N) is 2. The molecule has 0 saturated heterocycles. The fourth-order valence-electron chi connectivity index (χ4n) is 1.71. The van der Waals surface area contributed by atoms with Crippen molar-refractivity contribution in [1.82, 2.24) is 10.6 Å². The second kappa shape index (κ2) is 4.51. The fourth-order valence-corrected chi connectivity index (χ4v) is 1.71. The normalized spacial score (nSPS) is 19.9. The molecule has 86 valence electrons. The molecule has 1 saturated carbocycles. The lowest BCUT2D eigenvalue weighted by Gasteiger charge is -2.42. The smallest absolute Gasteiger partial charge is 0.325 e. The van der Waals surface area contributed by atoms with Gasteiger partial charge in [-0.25, -0.2) is 4.79 Å². The van der Waals surface area contributed by atoms with Gasteiger partial charge in [-0.1, -0.05) is 6.92 Å². The summed E-state index contributed by atoms with van der Waals surface area (Å²) in [6.07, 6.45) is 3.99. The van der Waals surface area contributed by atoms with Crippen LogP contribution in [0.2, 0.25) is 0 Å². The van der Waals surface area contributed by atoms with E-state index in [1.807, 2.05) is 6.92 Å². The third-order valence-corrected chi connectivity index (χ3v) is 3.08. The van der Waals surface area contributed by atoms with Crippen LogP contribution in [0.1, 0.15) is 39.5 Å². The first-order valence-electron chi connectivity index (χ1n) is 5.30. The van der Waals surface area contributed by atoms with Crippen LogP contribution in [-0.2, 0) is 4.79 Å². The summed E-state index contributed by atoms with van der Waals surface area (Å²) in [6, 6.07) is -1.23. The molecular weight excluding hydrogens is 196 g/mol. The number of amides is 2. The van der Waals surface area contributed by atoms with Crippen molar-refractivity contribution in [2.75, 3.05) is 0 Å². The third kappa shape index (κ3) is 2.84. The quantitative estimate of drug-likeness (QED) is 0.655. The van der Waals surface area contributed by atoms with Crippen LogP contribution in [0.25, 0.3) is 0 Å². The molecule has 0 unspecified atom stereocenters. The molecule has 2 amide bonds. The Kier molecular flexibility index (Phi) is 3.55. The molecule has 3 N–H and O–H groups in total. The molecule has 5 heteroatoms. The lowest BCUT2D eigenvalue weighted by molar-refractivity contribution is -0.138. The van der Waals surface area contributed by atoms with Crippen LogP contribution in [0.4, 0.5) is 4.79 Å². The highest BCUT2D eigenvalue weighted by Gasteiger charge is 2.36. The Bertz CT molecular complexity index is 256. The van der Waals surface area contributed by atoms with E-state index >= 15 is 0 Å². The van der Waals surface area contributed by atoms with E-state index in [1.165, 1.54) is 6.92 Å². The van der Waals surface area contributed by atoms with Crippen LogP contribution in [0.5, 0.6) is 0 Å². The standard InChI is InChI=1S/C10H18N2O3/c1-3-10(5-4-6-10)12-9(15)11-7(2)8(13)14/h7H,3-6H2,1-2H3,(H,13,14)(H2,11,12,15)/t7-/m1/s1. The average Bonchev–Trinajstić information content (AvgIpc) is 2.11. The zero-order chi connectivity index (χ0) is 11.5. The van der Waals surface area contributed by atoms with Gasteiger partial charge in [0.05, 0.1) is 0 Å². The first-order chi connectivity index (χ1) is 6.99. The van der Waals surface area contributed by atoms with E-state index in [0.717, 1.165) is 25.7 Å². The van der Waals surface area contributed by atoms with E-state index in [9.17, 15) is 9.59 Å². The molecule has 5 nitrogen and oxygen atoms in total. The van der Waals surface area contributed by atoms with Gasteiger partial charge in [0.2, 0.25) is 0 Å². The van der Waals surface area contributed by atoms with E-state index < -0.39 is 12.0 Å². The molecule has 0 aromatic carbocycles. The highest BCUT2D eigenvalue weighted by Crippen LogP contribution is 2.34. The molecule has 0 bridgehead atoms. The minimum atomic E-state index is -1.02. The van der Waals surface area contributed by atoms with Gasteiger partial charge in [0.1, 0.15) is 6.04 Å². The van der Waals surface area contributed by atoms with Gasteiger partial charge in [0.25, 0.3) is 0 Å². The van der Waals surface area contributed by atoms with Crippen molar-refractivity contribution in [2.24, 2.45) is 0 Å². The number of rotatable bonds is 4. The Morgan fingerprint density at radius 3 is 2.40 bits per heavy atom. The SMILES string of the molecule is CCC1(NC(=O)N[C@H](C)C(=O)O)CCC1. The molecule has 1 atom stereocenters. The van der Waals surface area contributed by atoms with Crippen LogP contribution in [0, 0.1) is 0 Å². The van der Waals surface area contributed by atoms with Crippen molar-refractivity contribution in [3.63, 3.8) is 0 Å². The molecule has 1 aliphatic carbocycles. The third-order valence-electron chi connectivity index (χ3n) is 3.08. The van der Waals surface area contributed by atoms with Gasteiger partial charge in [0, 0.05) is 5.54 Å². The topological polar surface area (TPSA) is 78.4 Å². The van der Waals surface area contributed by atoms with Gasteiger partial charge >= 0.3 is 12.0 Å². The molecule has 0 aliphatic heterocycles. The maximum Gasteiger partial charge on any atom is 0.325 e. The summed E-state index contributed by atoms with van der Waals surface area (Å²) in [5.74, 6) is -1.02. The molecule has 15 heavy (non-hydrogen) atoms. The van der Waals surface area contributed by atoms with Gasteiger partial charge in [-0.15, -0.1) is 0 Å². The number of hydrogen-bond donors (Lipinski definition) is 3. The van der Waals surface area contributed by atoms with Crippen molar-refractivity contribution in [1.29, 1.82) is 0 Å². The Morgan fingerprint density at radius 2 is 2.07 bits per heavy atom. The molecule has 0 aromatic heterocycles. The molecular formula is C10H18N2O3. The summed E-state index contributed by atoms with van der Waals surface area (Å²) in [5, 5.41) is 13.9. The second-order valence-corrected chi connectivity index (χ2v) is 4.15. The highest BCUT2D eigenvalue weighted by atomic mass is 16.4. The number of carbonyl (C=O) groups excluding carboxylic acids is 1. The summed E-state index contributed by atoms with van der Waals surface area (Å²) < 4.78 is 0. The van der Waals surface area contributed by atoms with Gasteiger partial charge in [-0.3, -0.25) is 4.79 Å². The number of carboxylic acids is 1. The molecule has 1 rings (SSSR count). The van der Waals surface area contributed by atoms with Crippen molar-refractivity contribution in [3.05, 3.63) is 0 Å². The molecule has 0 radical (unpaired) electrons. The van der Waals surface area contributed by atoms with Crippen molar-refractivity contribution >= 4 is 12.0 Å². The van der Waals surface area contributed by atoms with Crippen LogP contribution in [0.3, 0.4) is 0 Å². The first kappa shape index (κ1) is 11.8. The van der Waals surface area contributed by atoms with E-state index in [-0.39, 0.29) is 11.6 Å². The Morgan fingerprint density at radius 1 is 1.47 bits per heavy atom. The van der Waals surface area contributed by atoms with E-state index in [1.54, 1.807) is 0 Å². The van der Waals surface area contributed by atoms with E-state index in [4.69, 9.17) is 5.11 Å². The minimum Gasteiger partial charge on any atom is -0.480 e. The van der Waals surface area contributed by atoms with Crippen LogP contribution in [0.15, 0.2) is 0 Å². The Balaban J connectivity index is 2.38. The maximum atomic E-state index is 11.4. The van der Waals surface area contributed by atoms with Gasteiger partial charge in [0.15, 0.2) is 0 Å². The fraction of sp³-hybridized carbons (Fsp3) is 0.800. The van der Waals surface area contributed by atoms with Crippen molar-refractivity contribution in [3.8, 4) is 0 Å². The molecule has 0 heterocycles. The van der Waals surface area contributed by atoms with Crippen molar-refractivity contribution < 1.29 is 14.7 Å². The Labute approximate surface area is 89.2 Å². The largest absolute Gasteiger partial charge is 0.480 e. The summed E-state index contributed by atoms with van der Waals surface area (Å²) >= 11 is 0. The van der Waals surface area contributed by atoms with Gasteiger partial charge in [-0.2, -0.15) is 0 Å². The lowest BCUT2D eigenvalue weighted by atomic mass is 9.75. The summed E-state index contributed by atoms with van der Waals surface area (Å²) in [7, 11) is 0. The van der Waals surface area contributed by atoms with Crippen LogP contribution in [-0.4, -0.2) is 28.7 Å². The summed E-state index contributed by atoms with van der Waals surface area (Å²) in [5.41, 5.74) is -0.0949. The summed E-state index contributed by atoms with van der Waals surface area (Å²) in [6.45, 7) is 3.47.